The Morgan fingerprint density at radius 3 is 2.67 bits per heavy atom. The van der Waals surface area contributed by atoms with Crippen LogP contribution in [0.25, 0.3) is 10.6 Å². The summed E-state index contributed by atoms with van der Waals surface area (Å²) >= 11 is 1.58. The quantitative estimate of drug-likeness (QED) is 0.705. The van der Waals surface area contributed by atoms with Gasteiger partial charge in [-0.25, -0.2) is 9.97 Å². The van der Waals surface area contributed by atoms with Crippen LogP contribution in [0, 0.1) is 6.92 Å². The lowest BCUT2D eigenvalue weighted by Crippen LogP contribution is -2.26. The molecule has 1 aromatic carbocycles. The first-order chi connectivity index (χ1) is 11.6. The second-order valence-corrected chi connectivity index (χ2v) is 6.41. The number of hydrogen-bond acceptors (Lipinski definition) is 5. The van der Waals surface area contributed by atoms with Gasteiger partial charge < -0.3 is 9.32 Å². The van der Waals surface area contributed by atoms with Crippen molar-refractivity contribution < 1.29 is 9.21 Å². The van der Waals surface area contributed by atoms with E-state index in [2.05, 4.69) is 9.97 Å². The van der Waals surface area contributed by atoms with Crippen molar-refractivity contribution in [3.05, 3.63) is 58.8 Å². The Morgan fingerprint density at radius 1 is 1.25 bits per heavy atom. The Bertz CT molecular complexity index is 839. The number of thiazole rings is 1. The average molecular weight is 341 g/mol. The lowest BCUT2D eigenvalue weighted by molar-refractivity contribution is 0.0749. The van der Waals surface area contributed by atoms with Crippen LogP contribution >= 0.6 is 11.3 Å². The lowest BCUT2D eigenvalue weighted by Gasteiger charge is -2.14. The third-order valence-electron chi connectivity index (χ3n) is 3.66. The number of nitrogens with zero attached hydrogens (tertiary/aromatic N) is 3. The first kappa shape index (κ1) is 16.4. The maximum Gasteiger partial charge on any atom is 0.291 e. The van der Waals surface area contributed by atoms with Gasteiger partial charge in [-0.05, 0) is 6.92 Å². The molecular formula is C18H19N3O2S. The molecule has 0 unspecified atom stereocenters. The molecule has 0 spiro atoms. The van der Waals surface area contributed by atoms with E-state index in [-0.39, 0.29) is 5.91 Å². The Balaban J connectivity index is 1.73. The third-order valence-corrected chi connectivity index (χ3v) is 4.60. The minimum Gasteiger partial charge on any atom is -0.435 e. The van der Waals surface area contributed by atoms with Crippen LogP contribution in [0.3, 0.4) is 0 Å². The van der Waals surface area contributed by atoms with Crippen LogP contribution in [-0.4, -0.2) is 27.8 Å². The summed E-state index contributed by atoms with van der Waals surface area (Å²) in [5.74, 6) is 0.728. The number of carbonyl (C=O) groups excluding carboxylic acids is 1. The Kier molecular flexibility index (Phi) is 4.76. The lowest BCUT2D eigenvalue weighted by atomic mass is 10.2. The zero-order chi connectivity index (χ0) is 17.1. The maximum atomic E-state index is 12.5. The number of benzene rings is 1. The van der Waals surface area contributed by atoms with Gasteiger partial charge in [-0.2, -0.15) is 0 Å². The minimum absolute atomic E-state index is 0.172. The molecule has 3 rings (SSSR count). The van der Waals surface area contributed by atoms with Crippen LogP contribution in [0.15, 0.2) is 40.1 Å². The number of oxazole rings is 1. The summed E-state index contributed by atoms with van der Waals surface area (Å²) in [6, 6.07) is 10.0. The van der Waals surface area contributed by atoms with Crippen molar-refractivity contribution in [3.63, 3.8) is 0 Å². The molecule has 0 radical (unpaired) electrons. The van der Waals surface area contributed by atoms with Gasteiger partial charge in [-0.3, -0.25) is 4.79 Å². The monoisotopic (exact) mass is 341 g/mol. The molecule has 0 atom stereocenters. The van der Waals surface area contributed by atoms with Crippen molar-refractivity contribution in [2.75, 3.05) is 7.05 Å². The predicted molar refractivity (Wildman–Crippen MR) is 94.0 cm³/mol. The van der Waals surface area contributed by atoms with Gasteiger partial charge >= 0.3 is 0 Å². The van der Waals surface area contributed by atoms with Crippen molar-refractivity contribution in [1.82, 2.24) is 14.9 Å². The number of carbonyl (C=O) groups is 1. The number of aromatic nitrogens is 2. The predicted octanol–water partition coefficient (Wildman–Crippen LogP) is 3.94. The molecule has 0 aliphatic heterocycles. The van der Waals surface area contributed by atoms with Crippen LogP contribution in [0.2, 0.25) is 0 Å². The van der Waals surface area contributed by atoms with Gasteiger partial charge in [0.1, 0.15) is 5.01 Å². The molecule has 2 heterocycles. The summed E-state index contributed by atoms with van der Waals surface area (Å²) in [6.07, 6.45) is 0.671. The van der Waals surface area contributed by atoms with Gasteiger partial charge in [0, 0.05) is 24.4 Å². The Morgan fingerprint density at radius 2 is 2.00 bits per heavy atom. The highest BCUT2D eigenvalue weighted by molar-refractivity contribution is 7.13. The van der Waals surface area contributed by atoms with E-state index < -0.39 is 0 Å². The fraction of sp³-hybridized carbons (Fsp3) is 0.278. The van der Waals surface area contributed by atoms with Crippen molar-refractivity contribution in [2.24, 2.45) is 0 Å². The smallest absolute Gasteiger partial charge is 0.291 e. The van der Waals surface area contributed by atoms with Crippen LogP contribution in [-0.2, 0) is 13.0 Å². The van der Waals surface area contributed by atoms with E-state index in [0.717, 1.165) is 16.3 Å². The van der Waals surface area contributed by atoms with E-state index >= 15 is 0 Å². The summed E-state index contributed by atoms with van der Waals surface area (Å²) in [7, 11) is 1.75. The molecule has 0 N–H and O–H groups in total. The summed E-state index contributed by atoms with van der Waals surface area (Å²) in [5, 5.41) is 2.94. The van der Waals surface area contributed by atoms with Crippen LogP contribution < -0.4 is 0 Å². The second kappa shape index (κ2) is 6.97. The fourth-order valence-electron chi connectivity index (χ4n) is 2.38. The van der Waals surface area contributed by atoms with Gasteiger partial charge in [0.05, 0.1) is 17.9 Å². The second-order valence-electron chi connectivity index (χ2n) is 5.55. The summed E-state index contributed by atoms with van der Waals surface area (Å²) in [4.78, 5) is 23.0. The molecule has 0 bridgehead atoms. The molecule has 2 aromatic heterocycles. The zero-order valence-electron chi connectivity index (χ0n) is 13.9. The highest BCUT2D eigenvalue weighted by Gasteiger charge is 2.21. The topological polar surface area (TPSA) is 59.2 Å². The van der Waals surface area contributed by atoms with Gasteiger partial charge in [0.15, 0.2) is 5.89 Å². The van der Waals surface area contributed by atoms with Crippen molar-refractivity contribution in [2.45, 2.75) is 26.8 Å². The molecule has 0 aliphatic carbocycles. The number of aryl methyl sites for hydroxylation is 2. The minimum atomic E-state index is -0.172. The van der Waals surface area contributed by atoms with Crippen LogP contribution in [0.1, 0.15) is 34.8 Å². The normalized spacial score (nSPS) is 10.8. The van der Waals surface area contributed by atoms with Gasteiger partial charge in [0.2, 0.25) is 5.76 Å². The van der Waals surface area contributed by atoms with Crippen LogP contribution in [0.4, 0.5) is 0 Å². The molecule has 24 heavy (non-hydrogen) atoms. The summed E-state index contributed by atoms with van der Waals surface area (Å²) < 4.78 is 5.54. The SMILES string of the molecule is CCc1nc(C)c(C(=O)N(C)Cc2csc(-c3ccccc3)n2)o1. The van der Waals surface area contributed by atoms with E-state index in [1.165, 1.54) is 0 Å². The molecule has 5 nitrogen and oxygen atoms in total. The molecule has 1 amide bonds. The van der Waals surface area contributed by atoms with Crippen molar-refractivity contribution in [3.8, 4) is 10.6 Å². The molecule has 0 saturated heterocycles. The first-order valence-electron chi connectivity index (χ1n) is 7.80. The van der Waals surface area contributed by atoms with Gasteiger partial charge in [0.25, 0.3) is 5.91 Å². The third kappa shape index (κ3) is 3.38. The largest absolute Gasteiger partial charge is 0.435 e. The van der Waals surface area contributed by atoms with Crippen LogP contribution in [0.5, 0.6) is 0 Å². The maximum absolute atomic E-state index is 12.5. The van der Waals surface area contributed by atoms with E-state index in [0.29, 0.717) is 30.3 Å². The highest BCUT2D eigenvalue weighted by Crippen LogP contribution is 2.24. The van der Waals surface area contributed by atoms with E-state index in [1.807, 2.05) is 42.6 Å². The number of hydrogen-bond donors (Lipinski definition) is 0. The van der Waals surface area contributed by atoms with Crippen molar-refractivity contribution in [1.29, 1.82) is 0 Å². The summed E-state index contributed by atoms with van der Waals surface area (Å²) in [6.45, 7) is 4.17. The molecule has 3 aromatic rings. The highest BCUT2D eigenvalue weighted by atomic mass is 32.1. The molecule has 0 aliphatic rings. The fourth-order valence-corrected chi connectivity index (χ4v) is 3.20. The molecule has 0 saturated carbocycles. The Hall–Kier alpha value is -2.47. The average Bonchev–Trinajstić information content (AvgIpc) is 3.21. The van der Waals surface area contributed by atoms with Gasteiger partial charge in [-0.15, -0.1) is 11.3 Å². The molecule has 0 fully saturated rings. The van der Waals surface area contributed by atoms with E-state index in [4.69, 9.17) is 4.42 Å². The first-order valence-corrected chi connectivity index (χ1v) is 8.68. The number of rotatable bonds is 5. The standard InChI is InChI=1S/C18H19N3O2S/c1-4-15-19-12(2)16(23-15)18(22)21(3)10-14-11-24-17(20-14)13-8-6-5-7-9-13/h5-9,11H,4,10H2,1-3H3. The summed E-state index contributed by atoms with van der Waals surface area (Å²) in [5.41, 5.74) is 2.58. The molecule has 6 heteroatoms. The number of amides is 1. The molecule has 124 valence electrons. The van der Waals surface area contributed by atoms with Crippen molar-refractivity contribution >= 4 is 17.2 Å². The Labute approximate surface area is 145 Å². The van der Waals surface area contributed by atoms with Gasteiger partial charge in [-0.1, -0.05) is 37.3 Å². The zero-order valence-corrected chi connectivity index (χ0v) is 14.8. The van der Waals surface area contributed by atoms with E-state index in [9.17, 15) is 4.79 Å². The van der Waals surface area contributed by atoms with E-state index in [1.54, 1.807) is 30.2 Å². The molecular weight excluding hydrogens is 322 g/mol.